The Hall–Kier alpha value is -3.15. The van der Waals surface area contributed by atoms with Gasteiger partial charge in [0.25, 0.3) is 5.56 Å². The summed E-state index contributed by atoms with van der Waals surface area (Å²) < 4.78 is 22.5. The molecule has 3 heterocycles. The molecule has 1 aromatic heterocycles. The Labute approximate surface area is 164 Å². The van der Waals surface area contributed by atoms with Crippen LogP contribution in [0.1, 0.15) is 25.6 Å². The molecule has 1 amide bonds. The van der Waals surface area contributed by atoms with E-state index in [0.717, 1.165) is 11.5 Å². The fourth-order valence-corrected chi connectivity index (χ4v) is 3.31. The van der Waals surface area contributed by atoms with E-state index in [1.54, 1.807) is 0 Å². The molecule has 0 spiro atoms. The molecule has 2 fully saturated rings. The molecule has 0 aliphatic carbocycles. The van der Waals surface area contributed by atoms with E-state index in [9.17, 15) is 24.0 Å². The van der Waals surface area contributed by atoms with Crippen molar-refractivity contribution in [3.05, 3.63) is 32.6 Å². The number of H-pyrrole nitrogens is 1. The highest BCUT2D eigenvalue weighted by atomic mass is 16.6. The monoisotopic (exact) mass is 411 g/mol. The van der Waals surface area contributed by atoms with Crippen molar-refractivity contribution in [3.63, 3.8) is 0 Å². The second-order valence-electron chi connectivity index (χ2n) is 6.75. The summed E-state index contributed by atoms with van der Waals surface area (Å²) in [7, 11) is 0. The lowest BCUT2D eigenvalue weighted by molar-refractivity contribution is -0.165. The van der Waals surface area contributed by atoms with E-state index in [4.69, 9.17) is 18.9 Å². The minimum absolute atomic E-state index is 0.0118. The Balaban J connectivity index is 1.99. The highest BCUT2D eigenvalue weighted by Crippen LogP contribution is 2.34. The summed E-state index contributed by atoms with van der Waals surface area (Å²) in [5, 5.41) is 0. The van der Waals surface area contributed by atoms with Crippen molar-refractivity contribution in [2.45, 2.75) is 45.3 Å². The molecular weight excluding hydrogens is 390 g/mol. The number of hydrogen-bond donors (Lipinski definition) is 1. The maximum atomic E-state index is 12.3. The number of aromatic amines is 1. The standard InChI is InChI=1S/C17H21N3O9/c1-8-6-20(16(24)18-14(8)23)15-13(28-10(3)22)12(27-9(2)21)11(29-15)7-19-4-5-26-17(19)25/h6,11-13,15H,4-5,7H2,1-3H3,(H,18,23,24)/t11-,12-,13-,15-/m0/s1. The van der Waals surface area contributed by atoms with E-state index >= 15 is 0 Å². The number of hydrogen-bond acceptors (Lipinski definition) is 9. The summed E-state index contributed by atoms with van der Waals surface area (Å²) in [5.74, 6) is -1.34. The molecule has 2 aliphatic heterocycles. The molecule has 158 valence electrons. The maximum Gasteiger partial charge on any atom is 0.410 e. The molecular formula is C17H21N3O9. The van der Waals surface area contributed by atoms with Gasteiger partial charge in [0.2, 0.25) is 0 Å². The number of nitrogens with one attached hydrogen (secondary N) is 1. The summed E-state index contributed by atoms with van der Waals surface area (Å²) >= 11 is 0. The predicted octanol–water partition coefficient (Wildman–Crippen LogP) is -0.942. The summed E-state index contributed by atoms with van der Waals surface area (Å²) in [6, 6.07) is 0. The van der Waals surface area contributed by atoms with Crippen molar-refractivity contribution in [1.82, 2.24) is 14.5 Å². The number of ether oxygens (including phenoxy) is 4. The Bertz CT molecular complexity index is 937. The average molecular weight is 411 g/mol. The second-order valence-corrected chi connectivity index (χ2v) is 6.75. The van der Waals surface area contributed by atoms with Crippen LogP contribution in [-0.2, 0) is 28.5 Å². The first kappa shape index (κ1) is 20.6. The van der Waals surface area contributed by atoms with Crippen LogP contribution in [0.5, 0.6) is 0 Å². The van der Waals surface area contributed by atoms with Gasteiger partial charge in [-0.05, 0) is 6.92 Å². The van der Waals surface area contributed by atoms with Gasteiger partial charge in [0.15, 0.2) is 18.4 Å². The Morgan fingerprint density at radius 1 is 1.17 bits per heavy atom. The number of amides is 1. The van der Waals surface area contributed by atoms with E-state index in [0.29, 0.717) is 6.54 Å². The first-order valence-corrected chi connectivity index (χ1v) is 8.91. The number of esters is 2. The Kier molecular flexibility index (Phi) is 5.73. The SMILES string of the molecule is CC(=O)O[C@@H]1[C@H](OC(C)=O)[C@@H](n2cc(C)c(=O)[nH]c2=O)O[C@H]1CN1CCOC1=O. The van der Waals surface area contributed by atoms with Crippen molar-refractivity contribution in [3.8, 4) is 0 Å². The van der Waals surface area contributed by atoms with Crippen LogP contribution in [0.3, 0.4) is 0 Å². The molecule has 3 rings (SSSR count). The third-order valence-corrected chi connectivity index (χ3v) is 4.55. The lowest BCUT2D eigenvalue weighted by Crippen LogP contribution is -2.44. The van der Waals surface area contributed by atoms with Crippen LogP contribution in [-0.4, -0.2) is 70.5 Å². The van der Waals surface area contributed by atoms with Crippen LogP contribution in [0.15, 0.2) is 15.8 Å². The minimum atomic E-state index is -1.19. The number of aryl methyl sites for hydroxylation is 1. The zero-order chi connectivity index (χ0) is 21.3. The molecule has 1 N–H and O–H groups in total. The number of carbonyl (C=O) groups is 3. The van der Waals surface area contributed by atoms with Crippen molar-refractivity contribution in [2.24, 2.45) is 0 Å². The topological polar surface area (TPSA) is 146 Å². The highest BCUT2D eigenvalue weighted by Gasteiger charge is 2.51. The first-order chi connectivity index (χ1) is 13.7. The van der Waals surface area contributed by atoms with Crippen LogP contribution in [0.2, 0.25) is 0 Å². The Morgan fingerprint density at radius 3 is 2.41 bits per heavy atom. The zero-order valence-electron chi connectivity index (χ0n) is 16.1. The second kappa shape index (κ2) is 8.07. The molecule has 2 aliphatic rings. The quantitative estimate of drug-likeness (QED) is 0.479. The largest absolute Gasteiger partial charge is 0.456 e. The molecule has 0 saturated carbocycles. The van der Waals surface area contributed by atoms with Crippen LogP contribution >= 0.6 is 0 Å². The van der Waals surface area contributed by atoms with Gasteiger partial charge < -0.3 is 23.8 Å². The molecule has 12 nitrogen and oxygen atoms in total. The van der Waals surface area contributed by atoms with Crippen molar-refractivity contribution >= 4 is 18.0 Å². The van der Waals surface area contributed by atoms with Crippen LogP contribution in [0.25, 0.3) is 0 Å². The Morgan fingerprint density at radius 2 is 1.83 bits per heavy atom. The first-order valence-electron chi connectivity index (χ1n) is 8.91. The van der Waals surface area contributed by atoms with Gasteiger partial charge in [0.05, 0.1) is 13.1 Å². The molecule has 0 aromatic carbocycles. The summed E-state index contributed by atoms with van der Waals surface area (Å²) in [6.07, 6.45) is -3.65. The van der Waals surface area contributed by atoms with Gasteiger partial charge in [-0.15, -0.1) is 0 Å². The third kappa shape index (κ3) is 4.31. The van der Waals surface area contributed by atoms with Crippen LogP contribution in [0, 0.1) is 6.92 Å². The molecule has 1 aromatic rings. The fraction of sp³-hybridized carbons (Fsp3) is 0.588. The molecule has 12 heteroatoms. The molecule has 29 heavy (non-hydrogen) atoms. The van der Waals surface area contributed by atoms with E-state index in [-0.39, 0.29) is 18.7 Å². The van der Waals surface area contributed by atoms with Gasteiger partial charge in [-0.25, -0.2) is 9.59 Å². The number of cyclic esters (lactones) is 1. The van der Waals surface area contributed by atoms with Gasteiger partial charge in [-0.2, -0.15) is 0 Å². The van der Waals surface area contributed by atoms with E-state index < -0.39 is 53.8 Å². The lowest BCUT2D eigenvalue weighted by atomic mass is 10.1. The van der Waals surface area contributed by atoms with Crippen molar-refractivity contribution in [2.75, 3.05) is 19.7 Å². The smallest absolute Gasteiger partial charge is 0.410 e. The zero-order valence-corrected chi connectivity index (χ0v) is 16.1. The number of nitrogens with zero attached hydrogens (tertiary/aromatic N) is 2. The van der Waals surface area contributed by atoms with E-state index in [1.165, 1.54) is 24.9 Å². The number of aromatic nitrogens is 2. The molecule has 0 radical (unpaired) electrons. The summed E-state index contributed by atoms with van der Waals surface area (Å²) in [5.41, 5.74) is -1.13. The summed E-state index contributed by atoms with van der Waals surface area (Å²) in [4.78, 5) is 62.6. The van der Waals surface area contributed by atoms with Gasteiger partial charge in [-0.3, -0.25) is 23.9 Å². The van der Waals surface area contributed by atoms with Gasteiger partial charge in [-0.1, -0.05) is 0 Å². The normalized spacial score (nSPS) is 26.3. The predicted molar refractivity (Wildman–Crippen MR) is 94.0 cm³/mol. The van der Waals surface area contributed by atoms with Crippen molar-refractivity contribution in [1.29, 1.82) is 0 Å². The van der Waals surface area contributed by atoms with Crippen LogP contribution in [0.4, 0.5) is 4.79 Å². The third-order valence-electron chi connectivity index (χ3n) is 4.55. The van der Waals surface area contributed by atoms with Gasteiger partial charge in [0.1, 0.15) is 12.7 Å². The average Bonchev–Trinajstić information content (AvgIpc) is 3.16. The van der Waals surface area contributed by atoms with E-state index in [2.05, 4.69) is 4.98 Å². The molecule has 0 unspecified atom stereocenters. The maximum absolute atomic E-state index is 12.3. The van der Waals surface area contributed by atoms with Gasteiger partial charge >= 0.3 is 23.7 Å². The summed E-state index contributed by atoms with van der Waals surface area (Å²) in [6.45, 7) is 4.34. The van der Waals surface area contributed by atoms with Gasteiger partial charge in [0, 0.05) is 25.6 Å². The molecule has 4 atom stereocenters. The van der Waals surface area contributed by atoms with Crippen LogP contribution < -0.4 is 11.2 Å². The lowest BCUT2D eigenvalue weighted by Gasteiger charge is -2.25. The van der Waals surface area contributed by atoms with Crippen molar-refractivity contribution < 1.29 is 33.3 Å². The fourth-order valence-electron chi connectivity index (χ4n) is 3.31. The number of carbonyl (C=O) groups excluding carboxylic acids is 3. The number of rotatable bonds is 5. The van der Waals surface area contributed by atoms with E-state index in [1.807, 2.05) is 0 Å². The minimum Gasteiger partial charge on any atom is -0.456 e. The molecule has 0 bridgehead atoms. The highest BCUT2D eigenvalue weighted by molar-refractivity contribution is 5.69. The molecule has 2 saturated heterocycles.